The molecule has 0 unspecified atom stereocenters. The fourth-order valence-corrected chi connectivity index (χ4v) is 3.22. The largest absolute Gasteiger partial charge is 0.313 e. The second kappa shape index (κ2) is 5.99. The molecule has 0 spiro atoms. The molecular weight excluding hydrogens is 226 g/mol. The molecule has 0 radical (unpaired) electrons. The third-order valence-corrected chi connectivity index (χ3v) is 4.06. The van der Waals surface area contributed by atoms with Crippen LogP contribution in [0.3, 0.4) is 0 Å². The summed E-state index contributed by atoms with van der Waals surface area (Å²) in [5, 5.41) is 5.71. The molecule has 90 valence electrons. The highest BCUT2D eigenvalue weighted by Gasteiger charge is 2.10. The van der Waals surface area contributed by atoms with Gasteiger partial charge in [-0.25, -0.2) is 0 Å². The molecule has 0 saturated carbocycles. The third-order valence-electron chi connectivity index (χ3n) is 2.94. The third kappa shape index (κ3) is 2.76. The van der Waals surface area contributed by atoms with Crippen LogP contribution in [0.15, 0.2) is 35.7 Å². The van der Waals surface area contributed by atoms with E-state index in [1.54, 1.807) is 0 Å². The molecule has 0 saturated heterocycles. The van der Waals surface area contributed by atoms with Crippen molar-refractivity contribution < 1.29 is 0 Å². The highest BCUT2D eigenvalue weighted by atomic mass is 32.1. The lowest BCUT2D eigenvalue weighted by Crippen LogP contribution is -2.12. The van der Waals surface area contributed by atoms with Crippen molar-refractivity contribution >= 4 is 11.3 Å². The van der Waals surface area contributed by atoms with Crippen molar-refractivity contribution in [2.45, 2.75) is 26.8 Å². The van der Waals surface area contributed by atoms with E-state index in [0.29, 0.717) is 0 Å². The molecule has 1 aromatic heterocycles. The monoisotopic (exact) mass is 245 g/mol. The maximum Gasteiger partial charge on any atom is 0.0377 e. The predicted octanol–water partition coefficient (Wildman–Crippen LogP) is 4.09. The number of hydrogen-bond acceptors (Lipinski definition) is 2. The van der Waals surface area contributed by atoms with E-state index in [0.717, 1.165) is 19.5 Å². The van der Waals surface area contributed by atoms with Crippen molar-refractivity contribution in [3.63, 3.8) is 0 Å². The highest BCUT2D eigenvalue weighted by molar-refractivity contribution is 7.14. The van der Waals surface area contributed by atoms with E-state index in [-0.39, 0.29) is 0 Å². The topological polar surface area (TPSA) is 12.0 Å². The van der Waals surface area contributed by atoms with Gasteiger partial charge in [0, 0.05) is 11.4 Å². The van der Waals surface area contributed by atoms with Gasteiger partial charge in [0.25, 0.3) is 0 Å². The molecule has 2 aromatic rings. The molecule has 0 aliphatic carbocycles. The lowest BCUT2D eigenvalue weighted by atomic mass is 10.0. The number of rotatable bonds is 5. The Morgan fingerprint density at radius 1 is 1.12 bits per heavy atom. The fraction of sp³-hybridized carbons (Fsp3) is 0.333. The van der Waals surface area contributed by atoms with Crippen LogP contribution in [0.2, 0.25) is 0 Å². The molecule has 1 aromatic carbocycles. The Morgan fingerprint density at radius 3 is 2.53 bits per heavy atom. The van der Waals surface area contributed by atoms with Crippen LogP contribution in [0.1, 0.15) is 25.0 Å². The molecule has 1 nitrogen and oxygen atoms in total. The zero-order chi connectivity index (χ0) is 12.1. The molecule has 2 rings (SSSR count). The zero-order valence-corrected chi connectivity index (χ0v) is 11.3. The van der Waals surface area contributed by atoms with Crippen LogP contribution in [-0.2, 0) is 13.0 Å². The summed E-state index contributed by atoms with van der Waals surface area (Å²) in [6.45, 7) is 6.41. The normalized spacial score (nSPS) is 10.7. The first kappa shape index (κ1) is 12.3. The lowest BCUT2D eigenvalue weighted by molar-refractivity contribution is 0.723. The Hall–Kier alpha value is -1.12. The van der Waals surface area contributed by atoms with Crippen molar-refractivity contribution in [2.24, 2.45) is 0 Å². The van der Waals surface area contributed by atoms with Crippen molar-refractivity contribution in [3.8, 4) is 10.4 Å². The first-order valence-corrected chi connectivity index (χ1v) is 7.10. The zero-order valence-electron chi connectivity index (χ0n) is 10.5. The quantitative estimate of drug-likeness (QED) is 0.836. The van der Waals surface area contributed by atoms with Crippen LogP contribution in [0.5, 0.6) is 0 Å². The van der Waals surface area contributed by atoms with Gasteiger partial charge in [0.05, 0.1) is 0 Å². The van der Waals surface area contributed by atoms with Gasteiger partial charge in [0.1, 0.15) is 0 Å². The molecule has 0 aliphatic rings. The molecule has 17 heavy (non-hydrogen) atoms. The maximum atomic E-state index is 3.41. The van der Waals surface area contributed by atoms with Crippen LogP contribution in [0.4, 0.5) is 0 Å². The molecular formula is C15H19NS. The van der Waals surface area contributed by atoms with Gasteiger partial charge in [0.15, 0.2) is 0 Å². The van der Waals surface area contributed by atoms with Gasteiger partial charge in [0.2, 0.25) is 0 Å². The number of benzene rings is 1. The van der Waals surface area contributed by atoms with Gasteiger partial charge in [-0.15, -0.1) is 11.3 Å². The summed E-state index contributed by atoms with van der Waals surface area (Å²) < 4.78 is 0. The highest BCUT2D eigenvalue weighted by Crippen LogP contribution is 2.33. The molecule has 0 fully saturated rings. The Balaban J connectivity index is 2.32. The van der Waals surface area contributed by atoms with E-state index in [2.05, 4.69) is 54.9 Å². The summed E-state index contributed by atoms with van der Waals surface area (Å²) in [5.41, 5.74) is 4.30. The van der Waals surface area contributed by atoms with Gasteiger partial charge < -0.3 is 5.32 Å². The van der Waals surface area contributed by atoms with Crippen molar-refractivity contribution in [1.29, 1.82) is 0 Å². The van der Waals surface area contributed by atoms with Gasteiger partial charge >= 0.3 is 0 Å². The number of nitrogens with one attached hydrogen (secondary N) is 1. The van der Waals surface area contributed by atoms with Crippen molar-refractivity contribution in [1.82, 2.24) is 5.32 Å². The van der Waals surface area contributed by atoms with Crippen molar-refractivity contribution in [3.05, 3.63) is 46.8 Å². The Morgan fingerprint density at radius 2 is 1.88 bits per heavy atom. The summed E-state index contributed by atoms with van der Waals surface area (Å²) in [4.78, 5) is 1.43. The summed E-state index contributed by atoms with van der Waals surface area (Å²) >= 11 is 1.86. The molecule has 0 atom stereocenters. The SMILES string of the molecule is CCNCc1csc(-c2ccccc2)c1CC. The molecule has 0 amide bonds. The Labute approximate surface area is 108 Å². The van der Waals surface area contributed by atoms with E-state index in [1.807, 2.05) is 11.3 Å². The minimum atomic E-state index is 0.989. The first-order valence-electron chi connectivity index (χ1n) is 6.22. The Bertz CT molecular complexity index is 459. The summed E-state index contributed by atoms with van der Waals surface area (Å²) in [6.07, 6.45) is 1.11. The fourth-order valence-electron chi connectivity index (χ4n) is 2.05. The van der Waals surface area contributed by atoms with Gasteiger partial charge in [-0.1, -0.05) is 44.2 Å². The van der Waals surface area contributed by atoms with E-state index in [4.69, 9.17) is 0 Å². The minimum Gasteiger partial charge on any atom is -0.313 e. The number of hydrogen-bond donors (Lipinski definition) is 1. The summed E-state index contributed by atoms with van der Waals surface area (Å²) in [5.74, 6) is 0. The second-order valence-corrected chi connectivity index (χ2v) is 4.95. The molecule has 0 aliphatic heterocycles. The standard InChI is InChI=1S/C15H19NS/c1-3-14-13(10-16-4-2)11-17-15(14)12-8-6-5-7-9-12/h5-9,11,16H,3-4,10H2,1-2H3. The lowest BCUT2D eigenvalue weighted by Gasteiger charge is -2.06. The maximum absolute atomic E-state index is 3.41. The smallest absolute Gasteiger partial charge is 0.0377 e. The minimum absolute atomic E-state index is 0.989. The van der Waals surface area contributed by atoms with E-state index in [9.17, 15) is 0 Å². The number of thiophene rings is 1. The van der Waals surface area contributed by atoms with E-state index < -0.39 is 0 Å². The van der Waals surface area contributed by atoms with Gasteiger partial charge in [-0.2, -0.15) is 0 Å². The average Bonchev–Trinajstić information content (AvgIpc) is 2.80. The van der Waals surface area contributed by atoms with E-state index in [1.165, 1.54) is 21.6 Å². The van der Waals surface area contributed by atoms with Crippen LogP contribution in [0.25, 0.3) is 10.4 Å². The predicted molar refractivity (Wildman–Crippen MR) is 76.5 cm³/mol. The van der Waals surface area contributed by atoms with Crippen LogP contribution in [0, 0.1) is 0 Å². The van der Waals surface area contributed by atoms with Crippen LogP contribution < -0.4 is 5.32 Å². The molecule has 1 N–H and O–H groups in total. The van der Waals surface area contributed by atoms with Crippen LogP contribution in [-0.4, -0.2) is 6.54 Å². The van der Waals surface area contributed by atoms with E-state index >= 15 is 0 Å². The summed E-state index contributed by atoms with van der Waals surface area (Å²) in [6, 6.07) is 10.7. The first-order chi connectivity index (χ1) is 8.36. The van der Waals surface area contributed by atoms with Gasteiger partial charge in [-0.05, 0) is 35.0 Å². The van der Waals surface area contributed by atoms with Crippen LogP contribution >= 0.6 is 11.3 Å². The summed E-state index contributed by atoms with van der Waals surface area (Å²) in [7, 11) is 0. The van der Waals surface area contributed by atoms with Crippen molar-refractivity contribution in [2.75, 3.05) is 6.54 Å². The second-order valence-electron chi connectivity index (χ2n) is 4.07. The molecule has 1 heterocycles. The average molecular weight is 245 g/mol. The molecule has 0 bridgehead atoms. The Kier molecular flexibility index (Phi) is 4.35. The molecule has 2 heteroatoms. The van der Waals surface area contributed by atoms with Gasteiger partial charge in [-0.3, -0.25) is 0 Å².